The van der Waals surface area contributed by atoms with Gasteiger partial charge in [0, 0.05) is 18.2 Å². The van der Waals surface area contributed by atoms with Crippen molar-refractivity contribution in [2.45, 2.75) is 17.7 Å². The van der Waals surface area contributed by atoms with Gasteiger partial charge in [-0.25, -0.2) is 8.42 Å². The number of amides is 1. The van der Waals surface area contributed by atoms with Gasteiger partial charge in [-0.3, -0.25) is 19.6 Å². The molecule has 0 aromatic heterocycles. The normalized spacial score (nSPS) is 13.7. The Kier molecular flexibility index (Phi) is 4.13. The molecule has 0 radical (unpaired) electrons. The first-order valence-corrected chi connectivity index (χ1v) is 8.64. The summed E-state index contributed by atoms with van der Waals surface area (Å²) in [5, 5.41) is 13.4. The maximum atomic E-state index is 13.3. The minimum atomic E-state index is -4.02. The number of anilines is 2. The third-order valence-electron chi connectivity index (χ3n) is 3.68. The average Bonchev–Trinajstić information content (AvgIpc) is 2.55. The van der Waals surface area contributed by atoms with E-state index in [1.807, 2.05) is 0 Å². The number of nitro benzene ring substituents is 1. The second kappa shape index (κ2) is 6.13. The molecule has 2 aromatic carbocycles. The molecule has 0 bridgehead atoms. The smallest absolute Gasteiger partial charge is 0.306 e. The number of rotatable bonds is 4. The fraction of sp³-hybridized carbons (Fsp3) is 0.133. The average molecular weight is 365 g/mol. The van der Waals surface area contributed by atoms with E-state index in [-0.39, 0.29) is 22.9 Å². The lowest BCUT2D eigenvalue weighted by Gasteiger charge is -2.17. The lowest BCUT2D eigenvalue weighted by atomic mass is 10.0. The number of benzene rings is 2. The van der Waals surface area contributed by atoms with Crippen LogP contribution < -0.4 is 10.0 Å². The van der Waals surface area contributed by atoms with Crippen molar-refractivity contribution in [2.75, 3.05) is 10.0 Å². The largest absolute Gasteiger partial charge is 0.326 e. The lowest BCUT2D eigenvalue weighted by Crippen LogP contribution is -2.20. The molecule has 25 heavy (non-hydrogen) atoms. The summed E-state index contributed by atoms with van der Waals surface area (Å²) in [6.07, 6.45) is 0.667. The molecule has 0 unspecified atom stereocenters. The minimum absolute atomic E-state index is 0.0608. The Labute approximate surface area is 141 Å². The van der Waals surface area contributed by atoms with E-state index in [0.717, 1.165) is 18.2 Å². The molecule has 3 rings (SSSR count). The van der Waals surface area contributed by atoms with Gasteiger partial charge in [-0.15, -0.1) is 0 Å². The van der Waals surface area contributed by atoms with Crippen molar-refractivity contribution in [3.05, 3.63) is 57.9 Å². The zero-order valence-corrected chi connectivity index (χ0v) is 13.5. The van der Waals surface area contributed by atoms with Gasteiger partial charge in [0.05, 0.1) is 15.5 Å². The van der Waals surface area contributed by atoms with Crippen LogP contribution in [0.1, 0.15) is 12.0 Å². The van der Waals surface area contributed by atoms with E-state index in [9.17, 15) is 27.7 Å². The Balaban J connectivity index is 1.91. The van der Waals surface area contributed by atoms with Gasteiger partial charge < -0.3 is 5.32 Å². The Bertz CT molecular complexity index is 991. The van der Waals surface area contributed by atoms with Crippen LogP contribution in [-0.4, -0.2) is 19.2 Å². The van der Waals surface area contributed by atoms with E-state index in [1.165, 1.54) is 18.2 Å². The highest BCUT2D eigenvalue weighted by atomic mass is 32.2. The van der Waals surface area contributed by atoms with Gasteiger partial charge in [0.25, 0.3) is 10.0 Å². The van der Waals surface area contributed by atoms with Gasteiger partial charge in [-0.1, -0.05) is 0 Å². The van der Waals surface area contributed by atoms with Gasteiger partial charge in [-0.2, -0.15) is 4.39 Å². The van der Waals surface area contributed by atoms with E-state index in [1.54, 1.807) is 0 Å². The van der Waals surface area contributed by atoms with Crippen molar-refractivity contribution >= 4 is 33.0 Å². The van der Waals surface area contributed by atoms with E-state index >= 15 is 0 Å². The maximum absolute atomic E-state index is 13.3. The van der Waals surface area contributed by atoms with Gasteiger partial charge in [0.2, 0.25) is 11.7 Å². The maximum Gasteiger partial charge on any atom is 0.306 e. The third kappa shape index (κ3) is 3.43. The van der Waals surface area contributed by atoms with Gasteiger partial charge in [-0.05, 0) is 42.3 Å². The first kappa shape index (κ1) is 16.8. The number of nitro groups is 1. The fourth-order valence-corrected chi connectivity index (χ4v) is 3.56. The molecular weight excluding hydrogens is 353 g/mol. The fourth-order valence-electron chi connectivity index (χ4n) is 2.46. The molecule has 0 fully saturated rings. The van der Waals surface area contributed by atoms with Crippen molar-refractivity contribution in [3.63, 3.8) is 0 Å². The predicted molar refractivity (Wildman–Crippen MR) is 87.3 cm³/mol. The Hall–Kier alpha value is -3.01. The van der Waals surface area contributed by atoms with Crippen molar-refractivity contribution < 1.29 is 22.5 Å². The summed E-state index contributed by atoms with van der Waals surface area (Å²) in [6.45, 7) is 0. The Morgan fingerprint density at radius 2 is 1.92 bits per heavy atom. The predicted octanol–water partition coefficient (Wildman–Crippen LogP) is 2.42. The number of nitrogens with one attached hydrogen (secondary N) is 2. The highest BCUT2D eigenvalue weighted by molar-refractivity contribution is 7.92. The highest BCUT2D eigenvalue weighted by Gasteiger charge is 2.21. The number of sulfonamides is 1. The first-order valence-electron chi connectivity index (χ1n) is 7.16. The molecule has 1 amide bonds. The molecule has 0 saturated heterocycles. The molecular formula is C15H12FN3O5S. The summed E-state index contributed by atoms with van der Waals surface area (Å²) < 4.78 is 40.4. The van der Waals surface area contributed by atoms with Gasteiger partial charge in [0.15, 0.2) is 0 Å². The zero-order chi connectivity index (χ0) is 18.2. The van der Waals surface area contributed by atoms with Crippen LogP contribution in [0, 0.1) is 15.9 Å². The number of hydrogen-bond donors (Lipinski definition) is 2. The van der Waals surface area contributed by atoms with Crippen molar-refractivity contribution in [1.82, 2.24) is 0 Å². The monoisotopic (exact) mass is 365 g/mol. The van der Waals surface area contributed by atoms with Crippen LogP contribution in [0.2, 0.25) is 0 Å². The third-order valence-corrected chi connectivity index (χ3v) is 5.06. The minimum Gasteiger partial charge on any atom is -0.326 e. The second-order valence-corrected chi connectivity index (χ2v) is 7.08. The number of fused-ring (bicyclic) bond motifs is 1. The zero-order valence-electron chi connectivity index (χ0n) is 12.7. The van der Waals surface area contributed by atoms with E-state index < -0.39 is 26.5 Å². The SMILES string of the molecule is O=C1CCc2cc(S(=O)(=O)Nc3ccc(F)c([N+](=O)[O-])c3)ccc2N1. The number of hydrogen-bond acceptors (Lipinski definition) is 5. The van der Waals surface area contributed by atoms with Gasteiger partial charge >= 0.3 is 5.69 Å². The molecule has 130 valence electrons. The van der Waals surface area contributed by atoms with Crippen LogP contribution in [0.3, 0.4) is 0 Å². The summed E-state index contributed by atoms with van der Waals surface area (Å²) in [5.41, 5.74) is 0.271. The standard InChI is InChI=1S/C15H12FN3O5S/c16-12-4-2-10(8-14(12)19(21)22)18-25(23,24)11-3-5-13-9(7-11)1-6-15(20)17-13/h2-5,7-8,18H,1,6H2,(H,17,20). The molecule has 1 aliphatic rings. The molecule has 0 saturated carbocycles. The number of halogens is 1. The van der Waals surface area contributed by atoms with E-state index in [0.29, 0.717) is 17.7 Å². The summed E-state index contributed by atoms with van der Waals surface area (Å²) in [5.74, 6) is -1.20. The number of carbonyl (C=O) groups is 1. The number of carbonyl (C=O) groups excluding carboxylic acids is 1. The molecule has 2 N–H and O–H groups in total. The van der Waals surface area contributed by atoms with Crippen LogP contribution in [-0.2, 0) is 21.2 Å². The Morgan fingerprint density at radius 3 is 2.64 bits per heavy atom. The summed E-state index contributed by atoms with van der Waals surface area (Å²) in [7, 11) is -4.02. The van der Waals surface area contributed by atoms with E-state index in [4.69, 9.17) is 0 Å². The van der Waals surface area contributed by atoms with Crippen molar-refractivity contribution in [1.29, 1.82) is 0 Å². The van der Waals surface area contributed by atoms with Crippen LogP contribution >= 0.6 is 0 Å². The van der Waals surface area contributed by atoms with Crippen molar-refractivity contribution in [2.24, 2.45) is 0 Å². The lowest BCUT2D eigenvalue weighted by molar-refractivity contribution is -0.387. The van der Waals surface area contributed by atoms with E-state index in [2.05, 4.69) is 10.0 Å². The molecule has 0 aliphatic carbocycles. The quantitative estimate of drug-likeness (QED) is 0.637. The topological polar surface area (TPSA) is 118 Å². The molecule has 0 spiro atoms. The number of nitrogens with zero attached hydrogens (tertiary/aromatic N) is 1. The number of aryl methyl sites for hydroxylation is 1. The summed E-state index contributed by atoms with van der Waals surface area (Å²) >= 11 is 0. The molecule has 2 aromatic rings. The molecule has 1 heterocycles. The Morgan fingerprint density at radius 1 is 1.16 bits per heavy atom. The van der Waals surface area contributed by atoms with Crippen LogP contribution in [0.4, 0.5) is 21.5 Å². The van der Waals surface area contributed by atoms with Crippen LogP contribution in [0.5, 0.6) is 0 Å². The molecule has 0 atom stereocenters. The highest BCUT2D eigenvalue weighted by Crippen LogP contribution is 2.28. The first-order chi connectivity index (χ1) is 11.8. The molecule has 8 nitrogen and oxygen atoms in total. The summed E-state index contributed by atoms with van der Waals surface area (Å²) in [4.78, 5) is 21.1. The van der Waals surface area contributed by atoms with Crippen LogP contribution in [0.25, 0.3) is 0 Å². The molecule has 1 aliphatic heterocycles. The van der Waals surface area contributed by atoms with Gasteiger partial charge in [0.1, 0.15) is 0 Å². The van der Waals surface area contributed by atoms with Crippen LogP contribution in [0.15, 0.2) is 41.3 Å². The summed E-state index contributed by atoms with van der Waals surface area (Å²) in [6, 6.07) is 6.94. The molecule has 10 heteroatoms. The van der Waals surface area contributed by atoms with Crippen molar-refractivity contribution in [3.8, 4) is 0 Å². The second-order valence-electron chi connectivity index (χ2n) is 5.40.